The lowest BCUT2D eigenvalue weighted by Crippen LogP contribution is -2.25. The van der Waals surface area contributed by atoms with Crippen LogP contribution in [0.15, 0.2) is 24.3 Å². The minimum Gasteiger partial charge on any atom is -0.481 e. The first-order valence-electron chi connectivity index (χ1n) is 6.88. The SMILES string of the molecule is CC(=O)C(=O)c1ccc(C2CCCCC2C(=O)O)cc1. The van der Waals surface area contributed by atoms with E-state index >= 15 is 0 Å². The first kappa shape index (κ1) is 14.4. The Labute approximate surface area is 117 Å². The third-order valence-electron chi connectivity index (χ3n) is 4.00. The van der Waals surface area contributed by atoms with E-state index in [4.69, 9.17) is 0 Å². The lowest BCUT2D eigenvalue weighted by molar-refractivity contribution is -0.143. The number of hydrogen-bond donors (Lipinski definition) is 1. The van der Waals surface area contributed by atoms with Crippen LogP contribution >= 0.6 is 0 Å². The Bertz CT molecular complexity index is 530. The molecule has 0 amide bonds. The number of carboxylic acid groups (broad SMARTS) is 1. The second-order valence-electron chi connectivity index (χ2n) is 5.34. The number of Topliss-reactive ketones (excluding diaryl/α,β-unsaturated/α-hetero) is 2. The van der Waals surface area contributed by atoms with Gasteiger partial charge in [-0.25, -0.2) is 0 Å². The van der Waals surface area contributed by atoms with E-state index in [1.54, 1.807) is 24.3 Å². The van der Waals surface area contributed by atoms with Gasteiger partial charge in [0.05, 0.1) is 5.92 Å². The molecule has 1 aromatic carbocycles. The third-order valence-corrected chi connectivity index (χ3v) is 4.00. The van der Waals surface area contributed by atoms with Gasteiger partial charge in [-0.3, -0.25) is 14.4 Å². The number of carbonyl (C=O) groups excluding carboxylic acids is 2. The zero-order chi connectivity index (χ0) is 14.7. The molecule has 0 radical (unpaired) electrons. The van der Waals surface area contributed by atoms with Crippen molar-refractivity contribution in [3.8, 4) is 0 Å². The molecule has 20 heavy (non-hydrogen) atoms. The summed E-state index contributed by atoms with van der Waals surface area (Å²) in [6.45, 7) is 1.25. The number of carboxylic acids is 1. The molecule has 1 aromatic rings. The highest BCUT2D eigenvalue weighted by atomic mass is 16.4. The summed E-state index contributed by atoms with van der Waals surface area (Å²) in [5.74, 6) is -2.09. The summed E-state index contributed by atoms with van der Waals surface area (Å²) < 4.78 is 0. The van der Waals surface area contributed by atoms with Crippen LogP contribution in [0.1, 0.15) is 54.4 Å². The predicted octanol–water partition coefficient (Wildman–Crippen LogP) is 2.82. The number of rotatable bonds is 4. The summed E-state index contributed by atoms with van der Waals surface area (Å²) in [7, 11) is 0. The zero-order valence-corrected chi connectivity index (χ0v) is 11.5. The maximum absolute atomic E-state index is 11.6. The summed E-state index contributed by atoms with van der Waals surface area (Å²) in [6, 6.07) is 6.80. The Hall–Kier alpha value is -1.97. The molecule has 0 aromatic heterocycles. The van der Waals surface area contributed by atoms with Gasteiger partial charge >= 0.3 is 5.97 Å². The van der Waals surface area contributed by atoms with E-state index < -0.39 is 17.5 Å². The fourth-order valence-electron chi connectivity index (χ4n) is 2.91. The largest absolute Gasteiger partial charge is 0.481 e. The smallest absolute Gasteiger partial charge is 0.307 e. The number of benzene rings is 1. The van der Waals surface area contributed by atoms with Crippen molar-refractivity contribution in [1.82, 2.24) is 0 Å². The Morgan fingerprint density at radius 1 is 1.05 bits per heavy atom. The molecular weight excluding hydrogens is 256 g/mol. The predicted molar refractivity (Wildman–Crippen MR) is 73.8 cm³/mol. The maximum Gasteiger partial charge on any atom is 0.307 e. The number of carbonyl (C=O) groups is 3. The number of ketones is 2. The van der Waals surface area contributed by atoms with Crippen molar-refractivity contribution in [3.05, 3.63) is 35.4 Å². The lowest BCUT2D eigenvalue weighted by atomic mass is 9.75. The summed E-state index contributed by atoms with van der Waals surface area (Å²) in [6.07, 6.45) is 3.54. The Kier molecular flexibility index (Phi) is 4.32. The Morgan fingerprint density at radius 2 is 1.65 bits per heavy atom. The van der Waals surface area contributed by atoms with Crippen molar-refractivity contribution >= 4 is 17.5 Å². The minimum atomic E-state index is -0.751. The Balaban J connectivity index is 2.22. The summed E-state index contributed by atoms with van der Waals surface area (Å²) in [5.41, 5.74) is 1.31. The standard InChI is InChI=1S/C16H18O4/c1-10(17)15(18)12-8-6-11(7-9-12)13-4-2-3-5-14(13)16(19)20/h6-9,13-14H,2-5H2,1H3,(H,19,20). The van der Waals surface area contributed by atoms with Crippen LogP contribution in [0.2, 0.25) is 0 Å². The molecule has 4 heteroatoms. The summed E-state index contributed by atoms with van der Waals surface area (Å²) in [4.78, 5) is 33.9. The summed E-state index contributed by atoms with van der Waals surface area (Å²) in [5, 5.41) is 9.29. The molecule has 1 aliphatic carbocycles. The molecule has 2 atom stereocenters. The van der Waals surface area contributed by atoms with Crippen LogP contribution in [0.25, 0.3) is 0 Å². The van der Waals surface area contributed by atoms with Crippen LogP contribution in [0.5, 0.6) is 0 Å². The van der Waals surface area contributed by atoms with Crippen LogP contribution in [0, 0.1) is 5.92 Å². The average molecular weight is 274 g/mol. The molecule has 1 N–H and O–H groups in total. The van der Waals surface area contributed by atoms with Crippen LogP contribution in [-0.4, -0.2) is 22.6 Å². The van der Waals surface area contributed by atoms with Crippen LogP contribution in [-0.2, 0) is 9.59 Å². The number of hydrogen-bond acceptors (Lipinski definition) is 3. The van der Waals surface area contributed by atoms with Crippen LogP contribution in [0.3, 0.4) is 0 Å². The van der Waals surface area contributed by atoms with Crippen molar-refractivity contribution in [2.24, 2.45) is 5.92 Å². The fraction of sp³-hybridized carbons (Fsp3) is 0.438. The second kappa shape index (κ2) is 5.99. The van der Waals surface area contributed by atoms with Crippen molar-refractivity contribution < 1.29 is 19.5 Å². The highest BCUT2D eigenvalue weighted by molar-refractivity contribution is 6.42. The highest BCUT2D eigenvalue weighted by Gasteiger charge is 2.31. The molecule has 0 heterocycles. The highest BCUT2D eigenvalue weighted by Crippen LogP contribution is 2.37. The molecule has 2 unspecified atom stereocenters. The molecule has 0 bridgehead atoms. The van der Waals surface area contributed by atoms with E-state index in [0.29, 0.717) is 12.0 Å². The van der Waals surface area contributed by atoms with Gasteiger partial charge in [0, 0.05) is 12.5 Å². The topological polar surface area (TPSA) is 71.4 Å². The van der Waals surface area contributed by atoms with Crippen molar-refractivity contribution in [2.45, 2.75) is 38.5 Å². The van der Waals surface area contributed by atoms with E-state index in [2.05, 4.69) is 0 Å². The lowest BCUT2D eigenvalue weighted by Gasteiger charge is -2.28. The van der Waals surface area contributed by atoms with Gasteiger partial charge in [-0.15, -0.1) is 0 Å². The van der Waals surface area contributed by atoms with Crippen LogP contribution < -0.4 is 0 Å². The Morgan fingerprint density at radius 3 is 2.20 bits per heavy atom. The molecule has 2 rings (SSSR count). The van der Waals surface area contributed by atoms with Gasteiger partial charge in [0.2, 0.25) is 5.78 Å². The molecule has 1 fully saturated rings. The zero-order valence-electron chi connectivity index (χ0n) is 11.5. The van der Waals surface area contributed by atoms with Gasteiger partial charge in [0.1, 0.15) is 0 Å². The molecule has 0 spiro atoms. The number of aliphatic carboxylic acids is 1. The summed E-state index contributed by atoms with van der Waals surface area (Å²) >= 11 is 0. The molecule has 4 nitrogen and oxygen atoms in total. The first-order valence-corrected chi connectivity index (χ1v) is 6.88. The van der Waals surface area contributed by atoms with Gasteiger partial charge in [-0.2, -0.15) is 0 Å². The molecule has 106 valence electrons. The molecule has 1 aliphatic rings. The fourth-order valence-corrected chi connectivity index (χ4v) is 2.91. The van der Waals surface area contributed by atoms with Gasteiger partial charge < -0.3 is 5.11 Å². The first-order chi connectivity index (χ1) is 9.50. The van der Waals surface area contributed by atoms with Gasteiger partial charge in [-0.1, -0.05) is 37.1 Å². The van der Waals surface area contributed by atoms with Crippen molar-refractivity contribution in [1.29, 1.82) is 0 Å². The molecule has 1 saturated carbocycles. The molecule has 0 aliphatic heterocycles. The van der Waals surface area contributed by atoms with E-state index in [1.165, 1.54) is 6.92 Å². The second-order valence-corrected chi connectivity index (χ2v) is 5.34. The van der Waals surface area contributed by atoms with E-state index in [-0.39, 0.29) is 11.8 Å². The van der Waals surface area contributed by atoms with E-state index in [1.807, 2.05) is 0 Å². The van der Waals surface area contributed by atoms with E-state index in [0.717, 1.165) is 24.8 Å². The van der Waals surface area contributed by atoms with E-state index in [9.17, 15) is 19.5 Å². The average Bonchev–Trinajstić information content (AvgIpc) is 2.46. The quantitative estimate of drug-likeness (QED) is 0.677. The minimum absolute atomic E-state index is 0.00253. The molecular formula is C16H18O4. The third kappa shape index (κ3) is 2.95. The van der Waals surface area contributed by atoms with Crippen molar-refractivity contribution in [2.75, 3.05) is 0 Å². The van der Waals surface area contributed by atoms with Gasteiger partial charge in [0.15, 0.2) is 5.78 Å². The van der Waals surface area contributed by atoms with Crippen LogP contribution in [0.4, 0.5) is 0 Å². The monoisotopic (exact) mass is 274 g/mol. The maximum atomic E-state index is 11.6. The van der Waals surface area contributed by atoms with Gasteiger partial charge in [-0.05, 0) is 24.3 Å². The normalized spacial score (nSPS) is 22.2. The van der Waals surface area contributed by atoms with Gasteiger partial charge in [0.25, 0.3) is 0 Å². The molecule has 0 saturated heterocycles. The van der Waals surface area contributed by atoms with Crippen molar-refractivity contribution in [3.63, 3.8) is 0 Å².